The Morgan fingerprint density at radius 3 is 2.54 bits per heavy atom. The quantitative estimate of drug-likeness (QED) is 0.438. The van der Waals surface area contributed by atoms with E-state index in [0.717, 1.165) is 42.1 Å². The number of carbonyl (C=O) groups is 3. The van der Waals surface area contributed by atoms with E-state index in [2.05, 4.69) is 5.32 Å². The summed E-state index contributed by atoms with van der Waals surface area (Å²) in [5, 5.41) is 5.02. The first-order chi connectivity index (χ1) is 17.9. The molecule has 3 amide bonds. The fourth-order valence-electron chi connectivity index (χ4n) is 5.52. The van der Waals surface area contributed by atoms with Crippen LogP contribution in [0.3, 0.4) is 0 Å². The summed E-state index contributed by atoms with van der Waals surface area (Å²) in [7, 11) is 0. The average molecular weight is 502 g/mol. The molecule has 5 rings (SSSR count). The van der Waals surface area contributed by atoms with Crippen LogP contribution in [0, 0.1) is 5.82 Å². The number of nitrogens with zero attached hydrogens (tertiary/aromatic N) is 2. The molecule has 7 heteroatoms. The molecule has 6 nitrogen and oxygen atoms in total. The third kappa shape index (κ3) is 5.08. The fraction of sp³-hybridized carbons (Fsp3) is 0.367. The van der Waals surface area contributed by atoms with Crippen LogP contribution in [-0.4, -0.2) is 41.2 Å². The molecule has 0 radical (unpaired) electrons. The zero-order valence-electron chi connectivity index (χ0n) is 21.1. The van der Waals surface area contributed by atoms with Gasteiger partial charge in [0.1, 0.15) is 11.9 Å². The highest BCUT2D eigenvalue weighted by atomic mass is 19.1. The predicted octanol–water partition coefficient (Wildman–Crippen LogP) is 5.20. The van der Waals surface area contributed by atoms with Gasteiger partial charge < -0.3 is 15.1 Å². The van der Waals surface area contributed by atoms with Gasteiger partial charge in [-0.3, -0.25) is 14.4 Å². The first-order valence-electron chi connectivity index (χ1n) is 13.1. The van der Waals surface area contributed by atoms with Gasteiger partial charge in [0.2, 0.25) is 11.8 Å². The van der Waals surface area contributed by atoms with E-state index in [4.69, 9.17) is 0 Å². The van der Waals surface area contributed by atoms with Crippen LogP contribution in [0.5, 0.6) is 0 Å². The molecule has 1 heterocycles. The van der Waals surface area contributed by atoms with Crippen molar-refractivity contribution in [3.8, 4) is 0 Å². The predicted molar refractivity (Wildman–Crippen MR) is 142 cm³/mol. The second-order valence-electron chi connectivity index (χ2n) is 10.0. The van der Waals surface area contributed by atoms with Crippen LogP contribution >= 0.6 is 0 Å². The first kappa shape index (κ1) is 24.9. The second kappa shape index (κ2) is 10.7. The molecule has 1 atom stereocenters. The van der Waals surface area contributed by atoms with Crippen molar-refractivity contribution in [2.75, 3.05) is 11.4 Å². The van der Waals surface area contributed by atoms with Crippen LogP contribution in [0.15, 0.2) is 60.7 Å². The van der Waals surface area contributed by atoms with Gasteiger partial charge in [-0.1, -0.05) is 55.3 Å². The Labute approximate surface area is 216 Å². The molecule has 3 aromatic carbocycles. The number of amides is 3. The van der Waals surface area contributed by atoms with Crippen molar-refractivity contribution in [2.45, 2.75) is 64.1 Å². The SMILES string of the molecule is CC(C(=O)NC1CCCC1)N(Cc1ccccc1F)C(=O)CCCN1C(=O)c2cccc3cccc1c23. The molecule has 192 valence electrons. The van der Waals surface area contributed by atoms with Crippen LogP contribution in [0.25, 0.3) is 10.8 Å². The van der Waals surface area contributed by atoms with Crippen LogP contribution < -0.4 is 10.2 Å². The Balaban J connectivity index is 1.28. The lowest BCUT2D eigenvalue weighted by Crippen LogP contribution is -2.49. The topological polar surface area (TPSA) is 69.7 Å². The van der Waals surface area contributed by atoms with Crippen molar-refractivity contribution < 1.29 is 18.8 Å². The van der Waals surface area contributed by atoms with Crippen LogP contribution in [0.4, 0.5) is 10.1 Å². The molecule has 1 unspecified atom stereocenters. The molecular weight excluding hydrogens is 469 g/mol. The lowest BCUT2D eigenvalue weighted by molar-refractivity contribution is -0.141. The molecule has 0 spiro atoms. The number of hydrogen-bond donors (Lipinski definition) is 1. The number of carbonyl (C=O) groups excluding carboxylic acids is 3. The Bertz CT molecular complexity index is 1330. The summed E-state index contributed by atoms with van der Waals surface area (Å²) in [6.45, 7) is 2.09. The maximum absolute atomic E-state index is 14.5. The van der Waals surface area contributed by atoms with Crippen molar-refractivity contribution >= 4 is 34.2 Å². The molecule has 0 saturated heterocycles. The monoisotopic (exact) mass is 501 g/mol. The number of hydrogen-bond acceptors (Lipinski definition) is 3. The first-order valence-corrected chi connectivity index (χ1v) is 13.1. The normalized spacial score (nSPS) is 15.8. The lowest BCUT2D eigenvalue weighted by Gasteiger charge is -2.30. The largest absolute Gasteiger partial charge is 0.352 e. The third-order valence-electron chi connectivity index (χ3n) is 7.59. The van der Waals surface area contributed by atoms with Crippen LogP contribution in [-0.2, 0) is 16.1 Å². The fourth-order valence-corrected chi connectivity index (χ4v) is 5.52. The van der Waals surface area contributed by atoms with Crippen molar-refractivity contribution in [3.05, 3.63) is 77.6 Å². The number of halogens is 1. The number of anilines is 1. The summed E-state index contributed by atoms with van der Waals surface area (Å²) in [5.74, 6) is -0.919. The highest BCUT2D eigenvalue weighted by Crippen LogP contribution is 2.37. The van der Waals surface area contributed by atoms with Gasteiger partial charge in [0.15, 0.2) is 0 Å². The van der Waals surface area contributed by atoms with E-state index >= 15 is 0 Å². The van der Waals surface area contributed by atoms with Crippen molar-refractivity contribution in [3.63, 3.8) is 0 Å². The molecule has 1 N–H and O–H groups in total. The highest BCUT2D eigenvalue weighted by Gasteiger charge is 2.31. The summed E-state index contributed by atoms with van der Waals surface area (Å²) in [4.78, 5) is 42.7. The maximum atomic E-state index is 14.5. The molecule has 1 aliphatic heterocycles. The molecule has 0 aromatic heterocycles. The molecule has 0 bridgehead atoms. The molecule has 3 aromatic rings. The van der Waals surface area contributed by atoms with Crippen LogP contribution in [0.1, 0.15) is 61.4 Å². The summed E-state index contributed by atoms with van der Waals surface area (Å²) >= 11 is 0. The Kier molecular flexibility index (Phi) is 7.22. The Hall–Kier alpha value is -3.74. The van der Waals surface area contributed by atoms with E-state index in [9.17, 15) is 18.8 Å². The van der Waals surface area contributed by atoms with Crippen molar-refractivity contribution in [1.29, 1.82) is 0 Å². The van der Waals surface area contributed by atoms with Crippen LogP contribution in [0.2, 0.25) is 0 Å². The van der Waals surface area contributed by atoms with Gasteiger partial charge in [0.25, 0.3) is 5.91 Å². The minimum absolute atomic E-state index is 0.0121. The summed E-state index contributed by atoms with van der Waals surface area (Å²) in [5.41, 5.74) is 1.91. The summed E-state index contributed by atoms with van der Waals surface area (Å²) in [6, 6.07) is 17.3. The molecule has 2 aliphatic rings. The lowest BCUT2D eigenvalue weighted by atomic mass is 10.1. The number of rotatable bonds is 9. The van der Waals surface area contributed by atoms with Gasteiger partial charge in [-0.05, 0) is 49.8 Å². The zero-order chi connectivity index (χ0) is 25.9. The van der Waals surface area contributed by atoms with Gasteiger partial charge in [-0.25, -0.2) is 4.39 Å². The molecule has 1 aliphatic carbocycles. The van der Waals surface area contributed by atoms with E-state index in [1.807, 2.05) is 36.4 Å². The van der Waals surface area contributed by atoms with Gasteiger partial charge in [0, 0.05) is 42.1 Å². The standard InChI is InChI=1S/C30H32FN3O3/c1-20(29(36)32-23-12-3-4-13-23)34(19-22-9-2-5-15-25(22)31)27(35)17-8-18-33-26-16-7-11-21-10-6-14-24(28(21)26)30(33)37/h2,5-7,9-11,14-16,20,23H,3-4,8,12-13,17-19H2,1H3,(H,32,36). The Morgan fingerprint density at radius 1 is 1.05 bits per heavy atom. The summed E-state index contributed by atoms with van der Waals surface area (Å²) < 4.78 is 14.5. The summed E-state index contributed by atoms with van der Waals surface area (Å²) in [6.07, 6.45) is 4.64. The average Bonchev–Trinajstić information content (AvgIpc) is 3.51. The Morgan fingerprint density at radius 2 is 1.78 bits per heavy atom. The van der Waals surface area contributed by atoms with E-state index in [-0.39, 0.29) is 36.7 Å². The minimum Gasteiger partial charge on any atom is -0.352 e. The van der Waals surface area contributed by atoms with Crippen molar-refractivity contribution in [1.82, 2.24) is 10.2 Å². The molecular formula is C30H32FN3O3. The van der Waals surface area contributed by atoms with Crippen molar-refractivity contribution in [2.24, 2.45) is 0 Å². The molecule has 37 heavy (non-hydrogen) atoms. The second-order valence-corrected chi connectivity index (χ2v) is 10.0. The van der Waals surface area contributed by atoms with E-state index in [1.165, 1.54) is 11.0 Å². The van der Waals surface area contributed by atoms with Gasteiger partial charge in [0.05, 0.1) is 5.69 Å². The minimum atomic E-state index is -0.737. The maximum Gasteiger partial charge on any atom is 0.258 e. The van der Waals surface area contributed by atoms with Gasteiger partial charge in [-0.2, -0.15) is 0 Å². The van der Waals surface area contributed by atoms with Gasteiger partial charge in [-0.15, -0.1) is 0 Å². The highest BCUT2D eigenvalue weighted by molar-refractivity contribution is 6.25. The van der Waals surface area contributed by atoms with E-state index < -0.39 is 11.9 Å². The van der Waals surface area contributed by atoms with E-state index in [1.54, 1.807) is 30.0 Å². The zero-order valence-corrected chi connectivity index (χ0v) is 21.1. The number of benzene rings is 3. The molecule has 1 saturated carbocycles. The number of nitrogens with one attached hydrogen (secondary N) is 1. The van der Waals surface area contributed by atoms with Gasteiger partial charge >= 0.3 is 0 Å². The van der Waals surface area contributed by atoms with E-state index in [0.29, 0.717) is 24.1 Å². The molecule has 1 fully saturated rings. The smallest absolute Gasteiger partial charge is 0.258 e. The third-order valence-corrected chi connectivity index (χ3v) is 7.59.